The number of primary amides is 1. The Hall–Kier alpha value is -7.69. The number of carbonyl (C=O) groups excluding carboxylic acids is 5. The van der Waals surface area contributed by atoms with Gasteiger partial charge in [-0.2, -0.15) is 0 Å². The SMILES string of the molecule is NC(=O)c1ccc2nccnc2c1.O=C(NC(=O)c1ccc2c(c1)NCCN2)Nc1cccc(Cl)c1.O=C(NC(=O)c1ccc2nccnc2c1)Nc1cccc(Cl)c1. The number of nitrogens with two attached hydrogens (primary N) is 1. The molecule has 16 nitrogen and oxygen atoms in total. The van der Waals surface area contributed by atoms with Gasteiger partial charge in [0.15, 0.2) is 0 Å². The van der Waals surface area contributed by atoms with Crippen LogP contribution in [0.15, 0.2) is 128 Å². The molecule has 0 radical (unpaired) electrons. The lowest BCUT2D eigenvalue weighted by atomic mass is 10.1. The van der Waals surface area contributed by atoms with Gasteiger partial charge in [-0.25, -0.2) is 9.59 Å². The third-order valence-electron chi connectivity index (χ3n) is 8.14. The maximum Gasteiger partial charge on any atom is 0.326 e. The third-order valence-corrected chi connectivity index (χ3v) is 8.61. The van der Waals surface area contributed by atoms with E-state index in [1.165, 1.54) is 6.20 Å². The van der Waals surface area contributed by atoms with Gasteiger partial charge in [0.25, 0.3) is 11.8 Å². The van der Waals surface area contributed by atoms with Crippen molar-refractivity contribution in [3.05, 3.63) is 155 Å². The Kier molecular flexibility index (Phi) is 13.5. The van der Waals surface area contributed by atoms with Gasteiger partial charge >= 0.3 is 12.1 Å². The summed E-state index contributed by atoms with van der Waals surface area (Å²) >= 11 is 11.7. The maximum atomic E-state index is 12.2. The molecule has 0 atom stereocenters. The molecule has 0 aliphatic carbocycles. The van der Waals surface area contributed by atoms with Crippen molar-refractivity contribution in [1.82, 2.24) is 30.6 Å². The second kappa shape index (κ2) is 19.4. The fraction of sp³-hybridized carbons (Fsp3) is 0.0488. The smallest absolute Gasteiger partial charge is 0.326 e. The summed E-state index contributed by atoms with van der Waals surface area (Å²) < 4.78 is 0. The zero-order chi connectivity index (χ0) is 41.7. The van der Waals surface area contributed by atoms with Crippen LogP contribution in [0.3, 0.4) is 0 Å². The van der Waals surface area contributed by atoms with E-state index < -0.39 is 29.8 Å². The molecule has 0 fully saturated rings. The number of amides is 7. The van der Waals surface area contributed by atoms with Crippen LogP contribution >= 0.6 is 23.2 Å². The fourth-order valence-electron chi connectivity index (χ4n) is 5.41. The van der Waals surface area contributed by atoms with Gasteiger partial charge in [0.05, 0.1) is 33.4 Å². The highest BCUT2D eigenvalue weighted by Crippen LogP contribution is 2.25. The Labute approximate surface area is 346 Å². The summed E-state index contributed by atoms with van der Waals surface area (Å²) in [5, 5.41) is 17.1. The molecule has 7 amide bonds. The molecular weight excluding hydrogens is 797 g/mol. The van der Waals surface area contributed by atoms with Gasteiger partial charge in [-0.15, -0.1) is 0 Å². The van der Waals surface area contributed by atoms with E-state index in [0.717, 1.165) is 30.0 Å². The number of carbonyl (C=O) groups is 5. The van der Waals surface area contributed by atoms with Crippen LogP contribution in [0.2, 0.25) is 10.0 Å². The lowest BCUT2D eigenvalue weighted by Gasteiger charge is -2.20. The summed E-state index contributed by atoms with van der Waals surface area (Å²) in [6, 6.07) is 27.1. The van der Waals surface area contributed by atoms with Crippen LogP contribution in [-0.4, -0.2) is 62.8 Å². The standard InChI is InChI=1S/C16H15ClN4O2.C16H11ClN4O2.C9H7N3O/c2*17-11-2-1-3-12(9-11)20-16(23)21-15(22)10-4-5-13-14(8-10)19-7-6-18-13;10-9(13)6-1-2-7-8(5-6)12-4-3-11-7/h1-5,8-9,18-19H,6-7H2,(H2,20,21,22,23);1-9H,(H2,20,21,22,23);1-5H,(H2,10,13). The molecule has 18 heteroatoms. The van der Waals surface area contributed by atoms with Crippen molar-refractivity contribution in [2.75, 3.05) is 34.4 Å². The van der Waals surface area contributed by atoms with Crippen molar-refractivity contribution >= 4 is 97.8 Å². The normalized spacial score (nSPS) is 11.1. The molecule has 2 aromatic heterocycles. The highest BCUT2D eigenvalue weighted by molar-refractivity contribution is 6.31. The molecule has 0 spiro atoms. The van der Waals surface area contributed by atoms with Gasteiger partial charge in [-0.05, 0) is 91.0 Å². The number of aromatic nitrogens is 4. The number of benzene rings is 5. The highest BCUT2D eigenvalue weighted by atomic mass is 35.5. The lowest BCUT2D eigenvalue weighted by molar-refractivity contribution is 0.0957. The average molecular weight is 831 g/mol. The van der Waals surface area contributed by atoms with E-state index in [-0.39, 0.29) is 0 Å². The van der Waals surface area contributed by atoms with Crippen molar-refractivity contribution in [3.8, 4) is 0 Å². The number of nitrogens with one attached hydrogen (secondary N) is 6. The first-order chi connectivity index (χ1) is 28.5. The predicted octanol–water partition coefficient (Wildman–Crippen LogP) is 7.11. The van der Waals surface area contributed by atoms with Crippen molar-refractivity contribution in [1.29, 1.82) is 0 Å². The lowest BCUT2D eigenvalue weighted by Crippen LogP contribution is -2.34. The Bertz CT molecular complexity index is 2700. The zero-order valence-electron chi connectivity index (χ0n) is 30.7. The molecule has 0 unspecified atom stereocenters. The molecule has 8 N–H and O–H groups in total. The Morgan fingerprint density at radius 2 is 0.949 bits per heavy atom. The number of anilines is 4. The molecular formula is C41H33Cl2N11O5. The summed E-state index contributed by atoms with van der Waals surface area (Å²) in [4.78, 5) is 75.2. The molecule has 59 heavy (non-hydrogen) atoms. The number of halogens is 2. The van der Waals surface area contributed by atoms with E-state index in [4.69, 9.17) is 28.9 Å². The summed E-state index contributed by atoms with van der Waals surface area (Å²) in [5.41, 5.74) is 11.8. The van der Waals surface area contributed by atoms with Gasteiger partial charge < -0.3 is 27.0 Å². The number of hydrogen-bond acceptors (Lipinski definition) is 11. The molecule has 0 bridgehead atoms. The van der Waals surface area contributed by atoms with E-state index in [1.54, 1.807) is 116 Å². The van der Waals surface area contributed by atoms with Crippen molar-refractivity contribution in [2.24, 2.45) is 5.73 Å². The van der Waals surface area contributed by atoms with E-state index >= 15 is 0 Å². The minimum Gasteiger partial charge on any atom is -0.382 e. The van der Waals surface area contributed by atoms with Crippen molar-refractivity contribution < 1.29 is 24.0 Å². The van der Waals surface area contributed by atoms with Crippen molar-refractivity contribution in [2.45, 2.75) is 0 Å². The van der Waals surface area contributed by atoms with E-state index in [1.807, 2.05) is 6.07 Å². The summed E-state index contributed by atoms with van der Waals surface area (Å²) in [7, 11) is 0. The van der Waals surface area contributed by atoms with Crippen LogP contribution < -0.4 is 37.6 Å². The Morgan fingerprint density at radius 1 is 0.508 bits per heavy atom. The monoisotopic (exact) mass is 829 g/mol. The van der Waals surface area contributed by atoms with Gasteiger partial charge in [0.2, 0.25) is 5.91 Å². The number of nitrogens with zero attached hydrogens (tertiary/aromatic N) is 4. The molecule has 1 aliphatic heterocycles. The third kappa shape index (κ3) is 11.7. The van der Waals surface area contributed by atoms with E-state index in [9.17, 15) is 24.0 Å². The number of urea groups is 2. The predicted molar refractivity (Wildman–Crippen MR) is 227 cm³/mol. The minimum atomic E-state index is -0.642. The van der Waals surface area contributed by atoms with Crippen LogP contribution in [0.4, 0.5) is 32.3 Å². The maximum absolute atomic E-state index is 12.2. The molecule has 296 valence electrons. The number of rotatable bonds is 5. The zero-order valence-corrected chi connectivity index (χ0v) is 32.2. The van der Waals surface area contributed by atoms with Gasteiger partial charge in [-0.1, -0.05) is 35.3 Å². The summed E-state index contributed by atoms with van der Waals surface area (Å²) in [5.74, 6) is -1.45. The molecule has 0 saturated carbocycles. The van der Waals surface area contributed by atoms with Crippen LogP contribution in [0, 0.1) is 0 Å². The largest absolute Gasteiger partial charge is 0.382 e. The summed E-state index contributed by atoms with van der Waals surface area (Å²) in [6.07, 6.45) is 6.29. The van der Waals surface area contributed by atoms with Crippen LogP contribution in [-0.2, 0) is 0 Å². The molecule has 3 heterocycles. The number of imide groups is 2. The Morgan fingerprint density at radius 3 is 1.46 bits per heavy atom. The number of hydrogen-bond donors (Lipinski definition) is 7. The quantitative estimate of drug-likeness (QED) is 0.0923. The first-order valence-corrected chi connectivity index (χ1v) is 18.4. The van der Waals surface area contributed by atoms with Gasteiger partial charge in [0, 0.05) is 76.0 Å². The van der Waals surface area contributed by atoms with Crippen LogP contribution in [0.5, 0.6) is 0 Å². The van der Waals surface area contributed by atoms with Crippen molar-refractivity contribution in [3.63, 3.8) is 0 Å². The highest BCUT2D eigenvalue weighted by Gasteiger charge is 2.15. The van der Waals surface area contributed by atoms with E-state index in [2.05, 4.69) is 51.8 Å². The topological polar surface area (TPSA) is 235 Å². The molecule has 0 saturated heterocycles. The minimum absolute atomic E-state index is 0.319. The Balaban J connectivity index is 0.000000155. The second-order valence-corrected chi connectivity index (χ2v) is 13.2. The fourth-order valence-corrected chi connectivity index (χ4v) is 5.79. The number of fused-ring (bicyclic) bond motifs is 3. The van der Waals surface area contributed by atoms with E-state index in [0.29, 0.717) is 54.7 Å². The average Bonchev–Trinajstić information content (AvgIpc) is 3.23. The van der Waals surface area contributed by atoms with Crippen LogP contribution in [0.1, 0.15) is 31.1 Å². The van der Waals surface area contributed by atoms with Gasteiger partial charge in [-0.3, -0.25) is 45.0 Å². The van der Waals surface area contributed by atoms with Gasteiger partial charge in [0.1, 0.15) is 0 Å². The first-order valence-electron chi connectivity index (χ1n) is 17.6. The second-order valence-electron chi connectivity index (χ2n) is 12.3. The molecule has 5 aromatic carbocycles. The first kappa shape index (κ1) is 41.0. The molecule has 7 aromatic rings. The molecule has 1 aliphatic rings. The van der Waals surface area contributed by atoms with Crippen LogP contribution in [0.25, 0.3) is 22.1 Å². The summed E-state index contributed by atoms with van der Waals surface area (Å²) in [6.45, 7) is 1.62. The molecule has 8 rings (SSSR count).